The van der Waals surface area contributed by atoms with Crippen molar-refractivity contribution < 1.29 is 18.7 Å². The Labute approximate surface area is 165 Å². The van der Waals surface area contributed by atoms with Crippen molar-refractivity contribution in [2.24, 2.45) is 0 Å². The molecule has 0 amide bonds. The third kappa shape index (κ3) is 16.9. The number of rotatable bonds is 20. The molecule has 4 heteroatoms. The maximum absolute atomic E-state index is 13.9. The predicted molar refractivity (Wildman–Crippen MR) is 111 cm³/mol. The molecule has 0 bridgehead atoms. The van der Waals surface area contributed by atoms with Gasteiger partial charge in [-0.05, 0) is 24.8 Å². The van der Waals surface area contributed by atoms with Crippen molar-refractivity contribution in [1.82, 2.24) is 0 Å². The number of carbonyl (C=O) groups is 1. The molecule has 0 heterocycles. The number of hydrogen-bond acceptors (Lipinski definition) is 1. The standard InChI is InChI=1S/C23H42F2O2/c1-3-4-5-6-7-8-9-10-11-12-13-14-15-16-20-23(24,25)21(2)18-17-19-22(26)27/h2-20H2,1H3,(H,26,27). The van der Waals surface area contributed by atoms with Crippen LogP contribution in [0.4, 0.5) is 8.78 Å². The zero-order valence-corrected chi connectivity index (χ0v) is 17.5. The Balaban J connectivity index is 3.44. The van der Waals surface area contributed by atoms with Gasteiger partial charge < -0.3 is 5.11 Å². The molecule has 27 heavy (non-hydrogen) atoms. The zero-order chi connectivity index (χ0) is 20.4. The van der Waals surface area contributed by atoms with E-state index in [1.807, 2.05) is 0 Å². The van der Waals surface area contributed by atoms with Gasteiger partial charge in [0.05, 0.1) is 0 Å². The number of hydrogen-bond donors (Lipinski definition) is 1. The second kappa shape index (κ2) is 17.2. The first-order valence-electron chi connectivity index (χ1n) is 11.2. The van der Waals surface area contributed by atoms with Gasteiger partial charge in [-0.15, -0.1) is 0 Å². The highest BCUT2D eigenvalue weighted by atomic mass is 19.3. The first-order chi connectivity index (χ1) is 12.9. The van der Waals surface area contributed by atoms with Crippen LogP contribution in [0.3, 0.4) is 0 Å². The van der Waals surface area contributed by atoms with Gasteiger partial charge in [-0.3, -0.25) is 4.79 Å². The van der Waals surface area contributed by atoms with Crippen molar-refractivity contribution in [3.05, 3.63) is 12.2 Å². The van der Waals surface area contributed by atoms with Crippen molar-refractivity contribution in [2.45, 2.75) is 128 Å². The summed E-state index contributed by atoms with van der Waals surface area (Å²) in [5.74, 6) is -3.80. The number of halogens is 2. The minimum atomic E-state index is -2.85. The van der Waals surface area contributed by atoms with Gasteiger partial charge in [0.2, 0.25) is 0 Å². The molecule has 0 spiro atoms. The number of carboxylic acids is 1. The van der Waals surface area contributed by atoms with Crippen LogP contribution in [0.5, 0.6) is 0 Å². The molecule has 0 unspecified atom stereocenters. The minimum Gasteiger partial charge on any atom is -0.481 e. The summed E-state index contributed by atoms with van der Waals surface area (Å²) in [6.45, 7) is 5.71. The lowest BCUT2D eigenvalue weighted by Crippen LogP contribution is -2.18. The molecule has 0 aromatic carbocycles. The van der Waals surface area contributed by atoms with Gasteiger partial charge in [0.15, 0.2) is 0 Å². The Morgan fingerprint density at radius 3 is 1.56 bits per heavy atom. The summed E-state index contributed by atoms with van der Waals surface area (Å²) >= 11 is 0. The molecule has 0 aliphatic rings. The Morgan fingerprint density at radius 1 is 0.741 bits per heavy atom. The molecule has 0 radical (unpaired) electrons. The molecule has 2 nitrogen and oxygen atoms in total. The third-order valence-corrected chi connectivity index (χ3v) is 5.23. The van der Waals surface area contributed by atoms with E-state index < -0.39 is 11.9 Å². The topological polar surface area (TPSA) is 37.3 Å². The molecular weight excluding hydrogens is 346 g/mol. The lowest BCUT2D eigenvalue weighted by atomic mass is 9.98. The average molecular weight is 389 g/mol. The van der Waals surface area contributed by atoms with Gasteiger partial charge in [0, 0.05) is 12.8 Å². The summed E-state index contributed by atoms with van der Waals surface area (Å²) < 4.78 is 27.9. The summed E-state index contributed by atoms with van der Waals surface area (Å²) in [6, 6.07) is 0. The van der Waals surface area contributed by atoms with Crippen LogP contribution in [0.2, 0.25) is 0 Å². The van der Waals surface area contributed by atoms with E-state index in [0.717, 1.165) is 19.3 Å². The van der Waals surface area contributed by atoms with E-state index in [9.17, 15) is 13.6 Å². The van der Waals surface area contributed by atoms with E-state index in [-0.39, 0.29) is 31.3 Å². The minimum absolute atomic E-state index is 0.0754. The summed E-state index contributed by atoms with van der Waals surface area (Å²) in [4.78, 5) is 10.4. The van der Waals surface area contributed by atoms with Gasteiger partial charge in [-0.1, -0.05) is 97.0 Å². The van der Waals surface area contributed by atoms with Crippen LogP contribution in [-0.4, -0.2) is 17.0 Å². The van der Waals surface area contributed by atoms with Crippen LogP contribution in [0.25, 0.3) is 0 Å². The normalized spacial score (nSPS) is 11.7. The van der Waals surface area contributed by atoms with E-state index in [4.69, 9.17) is 5.11 Å². The second-order valence-corrected chi connectivity index (χ2v) is 7.90. The summed E-state index contributed by atoms with van der Waals surface area (Å²) in [6.07, 6.45) is 16.9. The van der Waals surface area contributed by atoms with Crippen LogP contribution >= 0.6 is 0 Å². The Bertz CT molecular complexity index is 381. The quantitative estimate of drug-likeness (QED) is 0.168. The molecule has 0 aliphatic carbocycles. The SMILES string of the molecule is C=C(CCCC(=O)O)C(F)(F)CCCCCCCCCCCCCCCC. The molecule has 160 valence electrons. The fourth-order valence-electron chi connectivity index (χ4n) is 3.35. The highest BCUT2D eigenvalue weighted by Gasteiger charge is 2.31. The predicted octanol–water partition coefficient (Wildman–Crippen LogP) is 8.30. The first-order valence-corrected chi connectivity index (χ1v) is 11.2. The van der Waals surface area contributed by atoms with Gasteiger partial charge in [-0.2, -0.15) is 0 Å². The summed E-state index contributed by atoms with van der Waals surface area (Å²) in [5.41, 5.74) is -0.113. The molecule has 0 aromatic rings. The van der Waals surface area contributed by atoms with Crippen molar-refractivity contribution >= 4 is 5.97 Å². The van der Waals surface area contributed by atoms with Gasteiger partial charge in [0.1, 0.15) is 0 Å². The molecule has 0 saturated carbocycles. The molecular formula is C23H42F2O2. The number of alkyl halides is 2. The molecule has 0 fully saturated rings. The summed E-state index contributed by atoms with van der Waals surface area (Å²) in [7, 11) is 0. The van der Waals surface area contributed by atoms with Crippen molar-refractivity contribution in [1.29, 1.82) is 0 Å². The highest BCUT2D eigenvalue weighted by molar-refractivity contribution is 5.66. The van der Waals surface area contributed by atoms with E-state index in [0.29, 0.717) is 6.42 Å². The van der Waals surface area contributed by atoms with Crippen LogP contribution in [0.15, 0.2) is 12.2 Å². The van der Waals surface area contributed by atoms with Crippen LogP contribution in [0.1, 0.15) is 122 Å². The lowest BCUT2D eigenvalue weighted by molar-refractivity contribution is -0.137. The van der Waals surface area contributed by atoms with Crippen molar-refractivity contribution in [3.63, 3.8) is 0 Å². The first kappa shape index (κ1) is 26.1. The number of allylic oxidation sites excluding steroid dienone is 1. The van der Waals surface area contributed by atoms with E-state index in [1.54, 1.807) is 0 Å². The van der Waals surface area contributed by atoms with Crippen molar-refractivity contribution in [2.75, 3.05) is 0 Å². The summed E-state index contributed by atoms with van der Waals surface area (Å²) in [5, 5.41) is 8.56. The largest absolute Gasteiger partial charge is 0.481 e. The van der Waals surface area contributed by atoms with E-state index in [1.165, 1.54) is 64.2 Å². The molecule has 0 saturated heterocycles. The van der Waals surface area contributed by atoms with E-state index in [2.05, 4.69) is 13.5 Å². The third-order valence-electron chi connectivity index (χ3n) is 5.23. The Morgan fingerprint density at radius 2 is 1.15 bits per heavy atom. The smallest absolute Gasteiger partial charge is 0.303 e. The monoisotopic (exact) mass is 388 g/mol. The van der Waals surface area contributed by atoms with E-state index >= 15 is 0 Å². The fourth-order valence-corrected chi connectivity index (χ4v) is 3.35. The van der Waals surface area contributed by atoms with Crippen LogP contribution < -0.4 is 0 Å². The second-order valence-electron chi connectivity index (χ2n) is 7.90. The molecule has 0 rings (SSSR count). The fraction of sp³-hybridized carbons (Fsp3) is 0.870. The molecule has 0 atom stereocenters. The van der Waals surface area contributed by atoms with Gasteiger partial charge in [0.25, 0.3) is 5.92 Å². The number of aliphatic carboxylic acids is 1. The lowest BCUT2D eigenvalue weighted by Gasteiger charge is -2.18. The molecule has 0 aliphatic heterocycles. The van der Waals surface area contributed by atoms with Gasteiger partial charge in [-0.25, -0.2) is 8.78 Å². The molecule has 0 aromatic heterocycles. The highest BCUT2D eigenvalue weighted by Crippen LogP contribution is 2.32. The zero-order valence-electron chi connectivity index (χ0n) is 17.5. The molecule has 1 N–H and O–H groups in total. The maximum atomic E-state index is 13.9. The number of unbranched alkanes of at least 4 members (excludes halogenated alkanes) is 13. The van der Waals surface area contributed by atoms with Crippen LogP contribution in [-0.2, 0) is 4.79 Å². The Kier molecular flexibility index (Phi) is 16.6. The Hall–Kier alpha value is -0.930. The van der Waals surface area contributed by atoms with Crippen molar-refractivity contribution in [3.8, 4) is 0 Å². The van der Waals surface area contributed by atoms with Crippen LogP contribution in [0, 0.1) is 0 Å². The maximum Gasteiger partial charge on any atom is 0.303 e. The van der Waals surface area contributed by atoms with Gasteiger partial charge >= 0.3 is 5.97 Å². The average Bonchev–Trinajstić information content (AvgIpc) is 2.61. The number of carboxylic acid groups (broad SMARTS) is 1.